The van der Waals surface area contributed by atoms with Crippen LogP contribution in [0.15, 0.2) is 34.8 Å². The molecule has 28 heavy (non-hydrogen) atoms. The van der Waals surface area contributed by atoms with Gasteiger partial charge in [0.25, 0.3) is 0 Å². The second-order valence-electron chi connectivity index (χ2n) is 6.11. The molecule has 0 radical (unpaired) electrons. The highest BCUT2D eigenvalue weighted by molar-refractivity contribution is 14.0. The predicted molar refractivity (Wildman–Crippen MR) is 118 cm³/mol. The Hall–Kier alpha value is -1.27. The average Bonchev–Trinajstić information content (AvgIpc) is 3.29. The second-order valence-corrected chi connectivity index (χ2v) is 7.55. The van der Waals surface area contributed by atoms with Crippen molar-refractivity contribution in [3.05, 3.63) is 45.2 Å². The summed E-state index contributed by atoms with van der Waals surface area (Å²) in [5, 5.41) is 8.61. The number of nitrogens with zero attached hydrogens (tertiary/aromatic N) is 3. The van der Waals surface area contributed by atoms with Crippen molar-refractivity contribution >= 4 is 58.7 Å². The van der Waals surface area contributed by atoms with Crippen molar-refractivity contribution in [3.63, 3.8) is 0 Å². The molecule has 1 aliphatic rings. The zero-order chi connectivity index (χ0) is 19.4. The number of nitrogens with one attached hydrogen (secondary N) is 2. The van der Waals surface area contributed by atoms with Crippen molar-refractivity contribution in [2.75, 3.05) is 25.0 Å². The number of hydrogen-bond donors (Lipinski definition) is 2. The van der Waals surface area contributed by atoms with Crippen LogP contribution in [0.3, 0.4) is 0 Å². The quantitative estimate of drug-likeness (QED) is 0.340. The van der Waals surface area contributed by atoms with Crippen molar-refractivity contribution < 1.29 is 13.2 Å². The van der Waals surface area contributed by atoms with Gasteiger partial charge in [0.2, 0.25) is 0 Å². The highest BCUT2D eigenvalue weighted by Crippen LogP contribution is 2.34. The van der Waals surface area contributed by atoms with Crippen LogP contribution in [0, 0.1) is 0 Å². The van der Waals surface area contributed by atoms with Crippen molar-refractivity contribution in [1.29, 1.82) is 0 Å². The molecule has 0 spiro atoms. The third kappa shape index (κ3) is 5.86. The Labute approximate surface area is 187 Å². The number of halogens is 5. The molecule has 11 heteroatoms. The molecule has 1 unspecified atom stereocenters. The molecule has 1 fully saturated rings. The van der Waals surface area contributed by atoms with E-state index in [0.717, 1.165) is 18.7 Å². The van der Waals surface area contributed by atoms with Gasteiger partial charge in [-0.1, -0.05) is 17.7 Å². The van der Waals surface area contributed by atoms with Gasteiger partial charge in [-0.25, -0.2) is 4.98 Å². The summed E-state index contributed by atoms with van der Waals surface area (Å²) in [7, 11) is 1.70. The van der Waals surface area contributed by atoms with Crippen LogP contribution >= 0.6 is 46.9 Å². The van der Waals surface area contributed by atoms with Crippen LogP contribution in [0.25, 0.3) is 0 Å². The number of anilines is 1. The number of alkyl halides is 3. The Morgan fingerprint density at radius 3 is 2.86 bits per heavy atom. The molecule has 0 bridgehead atoms. The summed E-state index contributed by atoms with van der Waals surface area (Å²) in [6.07, 6.45) is -2.83. The molecule has 0 aliphatic carbocycles. The van der Waals surface area contributed by atoms with Crippen LogP contribution in [0.5, 0.6) is 0 Å². The molecule has 0 aromatic carbocycles. The molecular weight excluding hydrogens is 526 g/mol. The number of pyridine rings is 1. The molecule has 2 N–H and O–H groups in total. The van der Waals surface area contributed by atoms with Crippen LogP contribution < -0.4 is 15.5 Å². The van der Waals surface area contributed by atoms with E-state index in [1.54, 1.807) is 18.4 Å². The Kier molecular flexibility index (Phi) is 8.19. The fourth-order valence-electron chi connectivity index (χ4n) is 2.86. The lowest BCUT2D eigenvalue weighted by Gasteiger charge is -2.21. The van der Waals surface area contributed by atoms with Gasteiger partial charge < -0.3 is 15.5 Å². The molecule has 0 amide bonds. The van der Waals surface area contributed by atoms with E-state index in [1.165, 1.54) is 4.88 Å². The first kappa shape index (κ1) is 23.0. The van der Waals surface area contributed by atoms with Crippen LogP contribution in [0.1, 0.15) is 16.9 Å². The van der Waals surface area contributed by atoms with E-state index >= 15 is 0 Å². The highest BCUT2D eigenvalue weighted by atomic mass is 127. The number of guanidine groups is 1. The van der Waals surface area contributed by atoms with E-state index in [1.807, 2.05) is 22.4 Å². The van der Waals surface area contributed by atoms with E-state index in [4.69, 9.17) is 11.6 Å². The average molecular weight is 546 g/mol. The molecule has 2 aromatic heterocycles. The summed E-state index contributed by atoms with van der Waals surface area (Å²) >= 11 is 7.71. The van der Waals surface area contributed by atoms with Gasteiger partial charge in [-0.2, -0.15) is 13.2 Å². The molecule has 3 heterocycles. The molecule has 1 saturated heterocycles. The van der Waals surface area contributed by atoms with E-state index in [-0.39, 0.29) is 35.0 Å². The highest BCUT2D eigenvalue weighted by Gasteiger charge is 2.33. The topological polar surface area (TPSA) is 52.6 Å². The molecule has 5 nitrogen and oxygen atoms in total. The van der Waals surface area contributed by atoms with Crippen molar-refractivity contribution in [1.82, 2.24) is 15.6 Å². The van der Waals surface area contributed by atoms with Gasteiger partial charge >= 0.3 is 6.18 Å². The predicted octanol–water partition coefficient (Wildman–Crippen LogP) is 4.38. The van der Waals surface area contributed by atoms with Gasteiger partial charge in [0.1, 0.15) is 5.82 Å². The van der Waals surface area contributed by atoms with Gasteiger partial charge in [-0.15, -0.1) is 35.3 Å². The Bertz CT molecular complexity index is 801. The van der Waals surface area contributed by atoms with Gasteiger partial charge in [0.05, 0.1) is 17.1 Å². The number of aromatic nitrogens is 1. The van der Waals surface area contributed by atoms with E-state index in [2.05, 4.69) is 20.6 Å². The largest absolute Gasteiger partial charge is 0.417 e. The maximum Gasteiger partial charge on any atom is 0.417 e. The summed E-state index contributed by atoms with van der Waals surface area (Å²) in [5.74, 6) is 1.05. The summed E-state index contributed by atoms with van der Waals surface area (Å²) in [4.78, 5) is 11.2. The summed E-state index contributed by atoms with van der Waals surface area (Å²) < 4.78 is 38.3. The van der Waals surface area contributed by atoms with Crippen LogP contribution in [0.2, 0.25) is 5.02 Å². The standard InChI is InChI=1S/C17H19ClF3N5S.HI/c1-22-16(24-9-13-3-2-6-27-13)25-12-4-5-26(10-12)15-14(18)7-11(8-23-15)17(19,20)21;/h2-3,6-8,12H,4-5,9-10H2,1H3,(H2,22,24,25);1H. The lowest BCUT2D eigenvalue weighted by Crippen LogP contribution is -2.44. The molecule has 0 saturated carbocycles. The molecule has 1 atom stereocenters. The van der Waals surface area contributed by atoms with Gasteiger partial charge in [-0.05, 0) is 23.9 Å². The molecular formula is C17H20ClF3IN5S. The monoisotopic (exact) mass is 545 g/mol. The van der Waals surface area contributed by atoms with Gasteiger partial charge in [-0.3, -0.25) is 4.99 Å². The molecule has 154 valence electrons. The minimum atomic E-state index is -4.45. The number of rotatable bonds is 4. The zero-order valence-corrected chi connectivity index (χ0v) is 18.9. The maximum atomic E-state index is 12.8. The smallest absolute Gasteiger partial charge is 0.353 e. The van der Waals surface area contributed by atoms with Crippen molar-refractivity contribution in [3.8, 4) is 0 Å². The first-order valence-electron chi connectivity index (χ1n) is 8.34. The fourth-order valence-corrected chi connectivity index (χ4v) is 3.79. The first-order chi connectivity index (χ1) is 12.9. The molecule has 2 aromatic rings. The number of hydrogen-bond acceptors (Lipinski definition) is 4. The summed E-state index contributed by atoms with van der Waals surface area (Å²) in [6.45, 7) is 1.91. The lowest BCUT2D eigenvalue weighted by molar-refractivity contribution is -0.137. The number of thiophene rings is 1. The normalized spacial score (nSPS) is 17.4. The molecule has 3 rings (SSSR count). The van der Waals surface area contributed by atoms with E-state index in [9.17, 15) is 13.2 Å². The second kappa shape index (κ2) is 9.97. The van der Waals surface area contributed by atoms with E-state index in [0.29, 0.717) is 31.4 Å². The molecule has 1 aliphatic heterocycles. The minimum Gasteiger partial charge on any atom is -0.353 e. The number of aliphatic imine (C=N–C) groups is 1. The van der Waals surface area contributed by atoms with Crippen molar-refractivity contribution in [2.24, 2.45) is 4.99 Å². The fraction of sp³-hybridized carbons (Fsp3) is 0.412. The van der Waals surface area contributed by atoms with Crippen LogP contribution in [-0.4, -0.2) is 37.1 Å². The Morgan fingerprint density at radius 1 is 1.46 bits per heavy atom. The van der Waals surface area contributed by atoms with Crippen LogP contribution in [-0.2, 0) is 12.7 Å². The van der Waals surface area contributed by atoms with E-state index < -0.39 is 11.7 Å². The van der Waals surface area contributed by atoms with Gasteiger partial charge in [0, 0.05) is 37.3 Å². The minimum absolute atomic E-state index is 0. The van der Waals surface area contributed by atoms with Gasteiger partial charge in [0.15, 0.2) is 5.96 Å². The summed E-state index contributed by atoms with van der Waals surface area (Å²) in [5.41, 5.74) is -0.844. The first-order valence-corrected chi connectivity index (χ1v) is 9.60. The Morgan fingerprint density at radius 2 is 2.25 bits per heavy atom. The van der Waals surface area contributed by atoms with Crippen LogP contribution in [0.4, 0.5) is 19.0 Å². The maximum absolute atomic E-state index is 12.8. The zero-order valence-electron chi connectivity index (χ0n) is 15.0. The Balaban J connectivity index is 0.00000280. The summed E-state index contributed by atoms with van der Waals surface area (Å²) in [6, 6.07) is 5.06. The lowest BCUT2D eigenvalue weighted by atomic mass is 10.2. The third-order valence-corrected chi connectivity index (χ3v) is 5.37. The third-order valence-electron chi connectivity index (χ3n) is 4.21. The van der Waals surface area contributed by atoms with Crippen molar-refractivity contribution in [2.45, 2.75) is 25.2 Å². The SMILES string of the molecule is CN=C(NCc1cccs1)NC1CCN(c2ncc(C(F)(F)F)cc2Cl)C1.I.